The van der Waals surface area contributed by atoms with Crippen molar-refractivity contribution in [3.63, 3.8) is 0 Å². The first-order valence-electron chi connectivity index (χ1n) is 6.08. The van der Waals surface area contributed by atoms with Crippen LogP contribution in [0.2, 0.25) is 11.0 Å². The van der Waals surface area contributed by atoms with Crippen LogP contribution in [0.15, 0.2) is 0 Å². The van der Waals surface area contributed by atoms with E-state index in [1.807, 2.05) is 0 Å². The Morgan fingerprint density at radius 1 is 0.692 bits per heavy atom. The first kappa shape index (κ1) is 13.9. The summed E-state index contributed by atoms with van der Waals surface area (Å²) in [4.78, 5) is 0. The topological polar surface area (TPSA) is 0 Å². The van der Waals surface area contributed by atoms with Gasteiger partial charge < -0.3 is 0 Å². The van der Waals surface area contributed by atoms with Crippen molar-refractivity contribution in [2.75, 3.05) is 0 Å². The van der Waals surface area contributed by atoms with E-state index in [4.69, 9.17) is 0 Å². The zero-order valence-electron chi connectivity index (χ0n) is 10.4. The third-order valence-corrected chi connectivity index (χ3v) is 19.2. The van der Waals surface area contributed by atoms with Crippen molar-refractivity contribution in [1.29, 1.82) is 0 Å². The molecule has 0 amide bonds. The summed E-state index contributed by atoms with van der Waals surface area (Å²) < 4.78 is 3.31. The molecular weight excluding hydrogens is 259 g/mol. The summed E-state index contributed by atoms with van der Waals surface area (Å²) in [6.45, 7) is 14.7. The summed E-state index contributed by atoms with van der Waals surface area (Å²) >= 11 is -1.26. The number of hydrogen-bond donors (Lipinski definition) is 0. The van der Waals surface area contributed by atoms with E-state index in [9.17, 15) is 0 Å². The zero-order chi connectivity index (χ0) is 10.4. The maximum atomic E-state index is 2.51. The first-order chi connectivity index (χ1) is 6.08. The van der Waals surface area contributed by atoms with Crippen molar-refractivity contribution in [3.8, 4) is 0 Å². The van der Waals surface area contributed by atoms with E-state index < -0.39 is 21.4 Å². The van der Waals surface area contributed by atoms with E-state index in [-0.39, 0.29) is 0 Å². The monoisotopic (exact) mass is 286 g/mol. The van der Waals surface area contributed by atoms with E-state index in [0.717, 1.165) is 11.0 Å². The average molecular weight is 286 g/mol. The van der Waals surface area contributed by atoms with Gasteiger partial charge in [0.2, 0.25) is 0 Å². The van der Waals surface area contributed by atoms with E-state index >= 15 is 0 Å². The molecule has 0 saturated heterocycles. The van der Waals surface area contributed by atoms with Crippen LogP contribution in [0.5, 0.6) is 0 Å². The Labute approximate surface area is 93.0 Å². The third-order valence-electron chi connectivity index (χ3n) is 3.90. The van der Waals surface area contributed by atoms with Gasteiger partial charge in [0.1, 0.15) is 0 Å². The summed E-state index contributed by atoms with van der Waals surface area (Å²) in [5.41, 5.74) is 0. The molecular formula is C12H27In. The van der Waals surface area contributed by atoms with E-state index in [1.165, 1.54) is 19.3 Å². The van der Waals surface area contributed by atoms with Crippen molar-refractivity contribution >= 4 is 21.4 Å². The second-order valence-electron chi connectivity index (χ2n) is 4.73. The predicted molar refractivity (Wildman–Crippen MR) is 64.9 cm³/mol. The Morgan fingerprint density at radius 3 is 1.08 bits per heavy atom. The molecule has 0 bridgehead atoms. The van der Waals surface area contributed by atoms with Crippen LogP contribution in [-0.2, 0) is 0 Å². The van der Waals surface area contributed by atoms with Crippen LogP contribution in [0.3, 0.4) is 0 Å². The Morgan fingerprint density at radius 2 is 0.923 bits per heavy atom. The van der Waals surface area contributed by atoms with E-state index in [0.29, 0.717) is 0 Å². The summed E-state index contributed by atoms with van der Waals surface area (Å²) in [7, 11) is 0. The second-order valence-corrected chi connectivity index (χ2v) is 17.8. The molecule has 78 valence electrons. The van der Waals surface area contributed by atoms with Crippen molar-refractivity contribution < 1.29 is 0 Å². The predicted octanol–water partition coefficient (Wildman–Crippen LogP) is 4.88. The fourth-order valence-corrected chi connectivity index (χ4v) is 16.8. The molecule has 0 radical (unpaired) electrons. The summed E-state index contributed by atoms with van der Waals surface area (Å²) in [5.74, 6) is 0. The molecule has 0 saturated carbocycles. The van der Waals surface area contributed by atoms with Gasteiger partial charge in [0, 0.05) is 0 Å². The van der Waals surface area contributed by atoms with Crippen molar-refractivity contribution in [3.05, 3.63) is 0 Å². The Kier molecular flexibility index (Phi) is 7.68. The molecule has 0 spiro atoms. The molecule has 0 aliphatic carbocycles. The molecule has 0 fully saturated rings. The SMILES string of the molecule is CC[CH](C)[In]([CH](C)CC)[CH](C)CC. The van der Waals surface area contributed by atoms with Gasteiger partial charge in [-0.15, -0.1) is 0 Å². The minimum absolute atomic E-state index is 1.10. The molecule has 0 aliphatic rings. The molecule has 0 aromatic rings. The first-order valence-corrected chi connectivity index (χ1v) is 11.8. The van der Waals surface area contributed by atoms with Gasteiger partial charge in [0.05, 0.1) is 0 Å². The summed E-state index contributed by atoms with van der Waals surface area (Å²) in [5, 5.41) is 0. The van der Waals surface area contributed by atoms with Crippen LogP contribution >= 0.6 is 0 Å². The van der Waals surface area contributed by atoms with E-state index in [1.54, 1.807) is 0 Å². The van der Waals surface area contributed by atoms with Crippen LogP contribution in [-0.4, -0.2) is 21.4 Å². The Bertz CT molecular complexity index is 98.5. The third kappa shape index (κ3) is 4.27. The molecule has 0 aromatic carbocycles. The molecule has 13 heavy (non-hydrogen) atoms. The molecule has 0 nitrogen and oxygen atoms in total. The fraction of sp³-hybridized carbons (Fsp3) is 1.00. The van der Waals surface area contributed by atoms with Gasteiger partial charge in [0.25, 0.3) is 0 Å². The Hall–Kier alpha value is 0.870. The van der Waals surface area contributed by atoms with Crippen LogP contribution in [0.25, 0.3) is 0 Å². The van der Waals surface area contributed by atoms with Gasteiger partial charge >= 0.3 is 93.3 Å². The van der Waals surface area contributed by atoms with E-state index in [2.05, 4.69) is 41.5 Å². The van der Waals surface area contributed by atoms with Crippen molar-refractivity contribution in [2.45, 2.75) is 71.8 Å². The maximum absolute atomic E-state index is 2.51. The fourth-order valence-electron chi connectivity index (χ4n) is 2.50. The van der Waals surface area contributed by atoms with Crippen molar-refractivity contribution in [1.82, 2.24) is 0 Å². The van der Waals surface area contributed by atoms with Gasteiger partial charge in [-0.2, -0.15) is 0 Å². The van der Waals surface area contributed by atoms with Gasteiger partial charge in [-0.3, -0.25) is 0 Å². The standard InChI is InChI=1S/3C4H9.In/c3*1-3-4-2;/h3*3H,4H2,1-2H3;. The van der Waals surface area contributed by atoms with Crippen LogP contribution < -0.4 is 0 Å². The van der Waals surface area contributed by atoms with Crippen LogP contribution in [0.4, 0.5) is 0 Å². The Balaban J connectivity index is 4.34. The molecule has 0 aliphatic heterocycles. The van der Waals surface area contributed by atoms with Gasteiger partial charge in [-0.1, -0.05) is 0 Å². The van der Waals surface area contributed by atoms with Gasteiger partial charge in [0.15, 0.2) is 0 Å². The quantitative estimate of drug-likeness (QED) is 0.652. The molecule has 3 unspecified atom stereocenters. The normalized spacial score (nSPS) is 18.0. The molecule has 0 heterocycles. The average Bonchev–Trinajstić information content (AvgIpc) is 2.16. The summed E-state index contributed by atoms with van der Waals surface area (Å²) in [6, 6.07) is 0. The molecule has 1 heteroatoms. The van der Waals surface area contributed by atoms with Crippen LogP contribution in [0.1, 0.15) is 60.8 Å². The van der Waals surface area contributed by atoms with Gasteiger partial charge in [-0.05, 0) is 0 Å². The summed E-state index contributed by atoms with van der Waals surface area (Å²) in [6.07, 6.45) is 4.28. The number of rotatable bonds is 6. The second kappa shape index (κ2) is 7.20. The molecule has 0 aromatic heterocycles. The van der Waals surface area contributed by atoms with Gasteiger partial charge in [-0.25, -0.2) is 0 Å². The number of hydrogen-bond acceptors (Lipinski definition) is 0. The van der Waals surface area contributed by atoms with Crippen LogP contribution in [0, 0.1) is 0 Å². The molecule has 0 N–H and O–H groups in total. The minimum atomic E-state index is -1.26. The molecule has 0 rings (SSSR count). The zero-order valence-corrected chi connectivity index (χ0v) is 13.7. The molecule has 3 atom stereocenters. The van der Waals surface area contributed by atoms with Crippen molar-refractivity contribution in [2.24, 2.45) is 0 Å².